The lowest BCUT2D eigenvalue weighted by Crippen LogP contribution is -2.28. The van der Waals surface area contributed by atoms with E-state index in [4.69, 9.17) is 4.74 Å². The molecule has 3 aromatic rings. The topological polar surface area (TPSA) is 79.5 Å². The van der Waals surface area contributed by atoms with Crippen molar-refractivity contribution in [3.05, 3.63) is 90.0 Å². The summed E-state index contributed by atoms with van der Waals surface area (Å²) in [6, 6.07) is 20.9. The average molecular weight is 443 g/mol. The van der Waals surface area contributed by atoms with Gasteiger partial charge in [-0.2, -0.15) is 13.2 Å². The van der Waals surface area contributed by atoms with Gasteiger partial charge in [0.15, 0.2) is 6.61 Å². The summed E-state index contributed by atoms with van der Waals surface area (Å²) >= 11 is 0. The Bertz CT molecular complexity index is 1060. The summed E-state index contributed by atoms with van der Waals surface area (Å²) in [4.78, 5) is 24.4. The highest BCUT2D eigenvalue weighted by Gasteiger charge is 2.28. The predicted octanol–water partition coefficient (Wildman–Crippen LogP) is 5.20. The van der Waals surface area contributed by atoms with Gasteiger partial charge in [-0.25, -0.2) is 4.79 Å². The molecule has 0 spiro atoms. The molecule has 0 fully saturated rings. The molecule has 3 N–H and O–H groups in total. The van der Waals surface area contributed by atoms with Crippen molar-refractivity contribution in [2.45, 2.75) is 12.7 Å². The minimum absolute atomic E-state index is 0.0615. The lowest BCUT2D eigenvalue weighted by molar-refractivity contribution is -0.153. The molecule has 0 aromatic heterocycles. The summed E-state index contributed by atoms with van der Waals surface area (Å²) in [6.07, 6.45) is -4.42. The van der Waals surface area contributed by atoms with E-state index in [2.05, 4.69) is 16.0 Å². The Balaban J connectivity index is 1.48. The standard InChI is InChI=1S/C23H20F3N3O3/c24-23(25,26)15-32-20-8-4-5-16(13-20)14-27-22(31)29-19-11-9-17(10-12-19)21(30)28-18-6-2-1-3-7-18/h1-13H,14-15H2,(H,28,30)(H2,27,29,31). The number of carbonyl (C=O) groups is 2. The second-order valence-electron chi connectivity index (χ2n) is 6.76. The van der Waals surface area contributed by atoms with E-state index < -0.39 is 18.8 Å². The molecule has 0 unspecified atom stereocenters. The van der Waals surface area contributed by atoms with E-state index in [-0.39, 0.29) is 18.2 Å². The Labute approximate surface area is 182 Å². The maximum Gasteiger partial charge on any atom is 0.422 e. The van der Waals surface area contributed by atoms with Crippen molar-refractivity contribution in [3.8, 4) is 5.75 Å². The van der Waals surface area contributed by atoms with Gasteiger partial charge in [0, 0.05) is 23.5 Å². The van der Waals surface area contributed by atoms with Crippen LogP contribution >= 0.6 is 0 Å². The molecule has 6 nitrogen and oxygen atoms in total. The van der Waals surface area contributed by atoms with Gasteiger partial charge in [-0.1, -0.05) is 30.3 Å². The number of halogens is 3. The van der Waals surface area contributed by atoms with Crippen LogP contribution in [0.5, 0.6) is 5.75 Å². The Morgan fingerprint density at radius 1 is 0.812 bits per heavy atom. The molecule has 0 atom stereocenters. The molecule has 0 aliphatic heterocycles. The molecule has 3 amide bonds. The summed E-state index contributed by atoms with van der Waals surface area (Å²) < 4.78 is 41.5. The van der Waals surface area contributed by atoms with E-state index in [1.807, 2.05) is 18.2 Å². The lowest BCUT2D eigenvalue weighted by atomic mass is 10.2. The smallest absolute Gasteiger partial charge is 0.422 e. The Morgan fingerprint density at radius 3 is 2.19 bits per heavy atom. The molecule has 0 heterocycles. The third-order valence-corrected chi connectivity index (χ3v) is 4.19. The first-order valence-electron chi connectivity index (χ1n) is 9.58. The second kappa shape index (κ2) is 10.3. The van der Waals surface area contributed by atoms with Crippen LogP contribution in [-0.4, -0.2) is 24.7 Å². The number of carbonyl (C=O) groups excluding carboxylic acids is 2. The summed E-state index contributed by atoms with van der Waals surface area (Å²) in [5, 5.41) is 8.00. The van der Waals surface area contributed by atoms with Gasteiger partial charge in [-0.05, 0) is 54.1 Å². The Hall–Kier alpha value is -4.01. The molecule has 166 valence electrons. The number of anilines is 2. The molecule has 9 heteroatoms. The van der Waals surface area contributed by atoms with Crippen molar-refractivity contribution < 1.29 is 27.5 Å². The minimum atomic E-state index is -4.42. The number of rotatable bonds is 7. The maximum absolute atomic E-state index is 12.3. The number of nitrogens with one attached hydrogen (secondary N) is 3. The molecule has 3 rings (SSSR count). The van der Waals surface area contributed by atoms with Gasteiger partial charge in [-0.3, -0.25) is 4.79 Å². The van der Waals surface area contributed by atoms with Gasteiger partial charge >= 0.3 is 12.2 Å². The fraction of sp³-hybridized carbons (Fsp3) is 0.130. The molecule has 32 heavy (non-hydrogen) atoms. The van der Waals surface area contributed by atoms with Crippen LogP contribution in [0.3, 0.4) is 0 Å². The van der Waals surface area contributed by atoms with Crippen molar-refractivity contribution in [1.29, 1.82) is 0 Å². The first kappa shape index (κ1) is 22.7. The number of hydrogen-bond donors (Lipinski definition) is 3. The van der Waals surface area contributed by atoms with E-state index in [1.165, 1.54) is 12.1 Å². The zero-order valence-corrected chi connectivity index (χ0v) is 16.8. The third kappa shape index (κ3) is 7.35. The molecule has 0 saturated heterocycles. The zero-order chi connectivity index (χ0) is 23.0. The van der Waals surface area contributed by atoms with Crippen molar-refractivity contribution in [1.82, 2.24) is 5.32 Å². The highest BCUT2D eigenvalue weighted by atomic mass is 19.4. The molecule has 3 aromatic carbocycles. The molecule has 0 aliphatic rings. The Morgan fingerprint density at radius 2 is 1.50 bits per heavy atom. The minimum Gasteiger partial charge on any atom is -0.484 e. The predicted molar refractivity (Wildman–Crippen MR) is 115 cm³/mol. The molecular weight excluding hydrogens is 423 g/mol. The molecule has 0 bridgehead atoms. The van der Waals surface area contributed by atoms with Crippen LogP contribution in [0, 0.1) is 0 Å². The summed E-state index contributed by atoms with van der Waals surface area (Å²) in [7, 11) is 0. The van der Waals surface area contributed by atoms with E-state index >= 15 is 0 Å². The van der Waals surface area contributed by atoms with Gasteiger partial charge in [0.25, 0.3) is 5.91 Å². The normalized spacial score (nSPS) is 10.8. The van der Waals surface area contributed by atoms with Crippen molar-refractivity contribution in [2.24, 2.45) is 0 Å². The van der Waals surface area contributed by atoms with Crippen LogP contribution in [0.1, 0.15) is 15.9 Å². The second-order valence-corrected chi connectivity index (χ2v) is 6.76. The fourth-order valence-electron chi connectivity index (χ4n) is 2.70. The van der Waals surface area contributed by atoms with Crippen molar-refractivity contribution in [2.75, 3.05) is 17.2 Å². The fourth-order valence-corrected chi connectivity index (χ4v) is 2.70. The van der Waals surface area contributed by atoms with Crippen LogP contribution in [0.15, 0.2) is 78.9 Å². The zero-order valence-electron chi connectivity index (χ0n) is 16.8. The number of para-hydroxylation sites is 1. The van der Waals surface area contributed by atoms with Gasteiger partial charge in [0.1, 0.15) is 5.75 Å². The van der Waals surface area contributed by atoms with E-state index in [0.29, 0.717) is 22.5 Å². The molecule has 0 radical (unpaired) electrons. The molecule has 0 saturated carbocycles. The van der Waals surface area contributed by atoms with E-state index in [1.54, 1.807) is 48.5 Å². The largest absolute Gasteiger partial charge is 0.484 e. The van der Waals surface area contributed by atoms with Gasteiger partial charge in [-0.15, -0.1) is 0 Å². The quantitative estimate of drug-likeness (QED) is 0.470. The van der Waals surface area contributed by atoms with E-state index in [0.717, 1.165) is 0 Å². The van der Waals surface area contributed by atoms with Crippen LogP contribution in [0.25, 0.3) is 0 Å². The van der Waals surface area contributed by atoms with Gasteiger partial charge in [0.05, 0.1) is 0 Å². The number of ether oxygens (including phenoxy) is 1. The van der Waals surface area contributed by atoms with Crippen molar-refractivity contribution in [3.63, 3.8) is 0 Å². The van der Waals surface area contributed by atoms with E-state index in [9.17, 15) is 22.8 Å². The van der Waals surface area contributed by atoms with Crippen LogP contribution < -0.4 is 20.7 Å². The SMILES string of the molecule is O=C(NCc1cccc(OCC(F)(F)F)c1)Nc1ccc(C(=O)Nc2ccccc2)cc1. The number of benzene rings is 3. The molecular formula is C23H20F3N3O3. The van der Waals surface area contributed by atoms with Gasteiger partial charge < -0.3 is 20.7 Å². The number of hydrogen-bond acceptors (Lipinski definition) is 3. The number of alkyl halides is 3. The first-order valence-corrected chi connectivity index (χ1v) is 9.58. The highest BCUT2D eigenvalue weighted by molar-refractivity contribution is 6.04. The average Bonchev–Trinajstić information content (AvgIpc) is 2.77. The van der Waals surface area contributed by atoms with Gasteiger partial charge in [0.2, 0.25) is 0 Å². The van der Waals surface area contributed by atoms with Crippen LogP contribution in [-0.2, 0) is 6.54 Å². The van der Waals surface area contributed by atoms with Crippen molar-refractivity contribution >= 4 is 23.3 Å². The third-order valence-electron chi connectivity index (χ3n) is 4.19. The summed E-state index contributed by atoms with van der Waals surface area (Å²) in [6.45, 7) is -1.30. The number of amides is 3. The maximum atomic E-state index is 12.3. The summed E-state index contributed by atoms with van der Waals surface area (Å²) in [5.41, 5.74) is 2.15. The number of urea groups is 1. The van der Waals surface area contributed by atoms with Crippen LogP contribution in [0.2, 0.25) is 0 Å². The highest BCUT2D eigenvalue weighted by Crippen LogP contribution is 2.19. The van der Waals surface area contributed by atoms with Crippen LogP contribution in [0.4, 0.5) is 29.3 Å². The molecule has 0 aliphatic carbocycles. The lowest BCUT2D eigenvalue weighted by Gasteiger charge is -2.11. The summed E-state index contributed by atoms with van der Waals surface area (Å²) in [5.74, 6) is -0.216. The monoisotopic (exact) mass is 443 g/mol. The first-order chi connectivity index (χ1) is 15.3. The Kier molecular flexibility index (Phi) is 7.33.